The van der Waals surface area contributed by atoms with Crippen molar-refractivity contribution in [1.29, 1.82) is 0 Å². The molecule has 1 aromatic carbocycles. The number of benzene rings is 1. The second-order valence-corrected chi connectivity index (χ2v) is 5.09. The van der Waals surface area contributed by atoms with Crippen molar-refractivity contribution in [3.63, 3.8) is 0 Å². The van der Waals surface area contributed by atoms with Gasteiger partial charge < -0.3 is 9.15 Å². The van der Waals surface area contributed by atoms with E-state index in [0.717, 1.165) is 11.1 Å². The molecule has 0 N–H and O–H groups in total. The van der Waals surface area contributed by atoms with E-state index in [-0.39, 0.29) is 5.78 Å². The van der Waals surface area contributed by atoms with Gasteiger partial charge in [-0.1, -0.05) is 12.1 Å². The third-order valence-electron chi connectivity index (χ3n) is 3.38. The van der Waals surface area contributed by atoms with Gasteiger partial charge in [-0.25, -0.2) is 4.79 Å². The Hall–Kier alpha value is -2.62. The van der Waals surface area contributed by atoms with Crippen LogP contribution in [0.3, 0.4) is 0 Å². The van der Waals surface area contributed by atoms with Crippen LogP contribution in [0.4, 0.5) is 0 Å². The fraction of sp³-hybridized carbons (Fsp3) is 0.222. The molecule has 0 bridgehead atoms. The molecule has 1 heterocycles. The predicted molar refractivity (Wildman–Crippen MR) is 83.5 cm³/mol. The van der Waals surface area contributed by atoms with E-state index in [2.05, 4.69) is 0 Å². The maximum absolute atomic E-state index is 12.3. The summed E-state index contributed by atoms with van der Waals surface area (Å²) in [4.78, 5) is 24.0. The number of ketones is 1. The quantitative estimate of drug-likeness (QED) is 0.479. The van der Waals surface area contributed by atoms with E-state index in [1.165, 1.54) is 18.4 Å². The molecule has 114 valence electrons. The van der Waals surface area contributed by atoms with Gasteiger partial charge in [0.1, 0.15) is 5.76 Å². The number of ether oxygens (including phenoxy) is 1. The zero-order valence-electron chi connectivity index (χ0n) is 12.8. The number of Topliss-reactive ketones (excluding diaryl/α,β-unsaturated/α-hetero) is 1. The number of esters is 1. The number of aryl methyl sites for hydroxylation is 2. The Kier molecular flexibility index (Phi) is 4.94. The van der Waals surface area contributed by atoms with Crippen molar-refractivity contribution in [3.05, 3.63) is 65.1 Å². The fourth-order valence-electron chi connectivity index (χ4n) is 1.93. The van der Waals surface area contributed by atoms with Gasteiger partial charge >= 0.3 is 5.97 Å². The number of carbonyl (C=O) groups excluding carboxylic acids is 2. The van der Waals surface area contributed by atoms with Crippen molar-refractivity contribution in [2.45, 2.75) is 26.9 Å². The number of carbonyl (C=O) groups is 2. The molecule has 0 saturated heterocycles. The molecule has 1 aromatic heterocycles. The highest BCUT2D eigenvalue weighted by Crippen LogP contribution is 2.13. The molecule has 4 nitrogen and oxygen atoms in total. The summed E-state index contributed by atoms with van der Waals surface area (Å²) >= 11 is 0. The molecule has 0 saturated carbocycles. The molecule has 0 radical (unpaired) electrons. The summed E-state index contributed by atoms with van der Waals surface area (Å²) in [5, 5.41) is 0. The number of hydrogen-bond acceptors (Lipinski definition) is 4. The first-order valence-electron chi connectivity index (χ1n) is 7.01. The van der Waals surface area contributed by atoms with Crippen LogP contribution in [0.2, 0.25) is 0 Å². The predicted octanol–water partition coefficient (Wildman–Crippen LogP) is 3.72. The van der Waals surface area contributed by atoms with Crippen LogP contribution in [0.1, 0.15) is 34.2 Å². The first kappa shape index (κ1) is 15.8. The Morgan fingerprint density at radius 1 is 1.18 bits per heavy atom. The monoisotopic (exact) mass is 298 g/mol. The third-order valence-corrected chi connectivity index (χ3v) is 3.38. The topological polar surface area (TPSA) is 56.5 Å². The summed E-state index contributed by atoms with van der Waals surface area (Å²) in [7, 11) is 0. The van der Waals surface area contributed by atoms with E-state index in [9.17, 15) is 9.59 Å². The molecule has 0 amide bonds. The summed E-state index contributed by atoms with van der Waals surface area (Å²) in [6, 6.07) is 8.87. The van der Waals surface area contributed by atoms with E-state index < -0.39 is 12.1 Å². The van der Waals surface area contributed by atoms with Gasteiger partial charge in [-0.05, 0) is 56.2 Å². The average Bonchev–Trinajstić information content (AvgIpc) is 3.00. The minimum Gasteiger partial charge on any atom is -0.465 e. The first-order chi connectivity index (χ1) is 10.5. The maximum Gasteiger partial charge on any atom is 0.331 e. The number of furan rings is 1. The minimum atomic E-state index is -0.837. The standard InChI is InChI=1S/C18H18O4/c1-12-6-7-15(11-13(12)2)18(20)14(3)22-17(19)9-8-16-5-4-10-21-16/h4-11,14H,1-3H3/b9-8+. The Morgan fingerprint density at radius 2 is 1.95 bits per heavy atom. The van der Waals surface area contributed by atoms with Gasteiger partial charge in [0, 0.05) is 11.6 Å². The van der Waals surface area contributed by atoms with Crippen LogP contribution >= 0.6 is 0 Å². The van der Waals surface area contributed by atoms with Crippen molar-refractivity contribution in [1.82, 2.24) is 0 Å². The molecular weight excluding hydrogens is 280 g/mol. The molecule has 0 spiro atoms. The zero-order valence-corrected chi connectivity index (χ0v) is 12.8. The van der Waals surface area contributed by atoms with Gasteiger partial charge in [-0.2, -0.15) is 0 Å². The molecule has 4 heteroatoms. The lowest BCUT2D eigenvalue weighted by atomic mass is 10.0. The largest absolute Gasteiger partial charge is 0.465 e. The van der Waals surface area contributed by atoms with E-state index in [4.69, 9.17) is 9.15 Å². The maximum atomic E-state index is 12.3. The second-order valence-electron chi connectivity index (χ2n) is 5.09. The highest BCUT2D eigenvalue weighted by Gasteiger charge is 2.18. The Labute approximate surface area is 129 Å². The lowest BCUT2D eigenvalue weighted by Crippen LogP contribution is -2.23. The van der Waals surface area contributed by atoms with Crippen LogP contribution < -0.4 is 0 Å². The van der Waals surface area contributed by atoms with Gasteiger partial charge in [0.05, 0.1) is 6.26 Å². The summed E-state index contributed by atoms with van der Waals surface area (Å²) in [6.45, 7) is 5.48. The van der Waals surface area contributed by atoms with Crippen LogP contribution in [0, 0.1) is 13.8 Å². The molecule has 0 aliphatic rings. The van der Waals surface area contributed by atoms with Gasteiger partial charge in [0.15, 0.2) is 6.10 Å². The molecule has 2 aromatic rings. The summed E-state index contributed by atoms with van der Waals surface area (Å²) in [5.41, 5.74) is 2.68. The Bertz CT molecular complexity index is 696. The zero-order chi connectivity index (χ0) is 16.1. The number of rotatable bonds is 5. The van der Waals surface area contributed by atoms with Crippen molar-refractivity contribution in [2.24, 2.45) is 0 Å². The SMILES string of the molecule is Cc1ccc(C(=O)C(C)OC(=O)/C=C/c2ccco2)cc1C. The number of hydrogen-bond donors (Lipinski definition) is 0. The van der Waals surface area contributed by atoms with Gasteiger partial charge in [-0.3, -0.25) is 4.79 Å². The Balaban J connectivity index is 1.98. The van der Waals surface area contributed by atoms with Crippen LogP contribution in [-0.4, -0.2) is 17.9 Å². The van der Waals surface area contributed by atoms with Gasteiger partial charge in [0.2, 0.25) is 5.78 Å². The van der Waals surface area contributed by atoms with Crippen molar-refractivity contribution in [3.8, 4) is 0 Å². The molecule has 0 fully saturated rings. The smallest absolute Gasteiger partial charge is 0.331 e. The molecular formula is C18H18O4. The van der Waals surface area contributed by atoms with Gasteiger partial charge in [-0.15, -0.1) is 0 Å². The second kappa shape index (κ2) is 6.89. The summed E-state index contributed by atoms with van der Waals surface area (Å²) in [6.07, 6.45) is 3.41. The van der Waals surface area contributed by atoms with Crippen LogP contribution in [0.25, 0.3) is 6.08 Å². The molecule has 0 aliphatic carbocycles. The highest BCUT2D eigenvalue weighted by atomic mass is 16.5. The van der Waals surface area contributed by atoms with Crippen LogP contribution in [-0.2, 0) is 9.53 Å². The van der Waals surface area contributed by atoms with Crippen molar-refractivity contribution in [2.75, 3.05) is 0 Å². The van der Waals surface area contributed by atoms with E-state index in [1.807, 2.05) is 19.9 Å². The van der Waals surface area contributed by atoms with E-state index in [1.54, 1.807) is 31.2 Å². The normalized spacial score (nSPS) is 12.3. The molecule has 22 heavy (non-hydrogen) atoms. The summed E-state index contributed by atoms with van der Waals surface area (Å²) < 4.78 is 10.2. The van der Waals surface area contributed by atoms with Crippen LogP contribution in [0.5, 0.6) is 0 Å². The first-order valence-corrected chi connectivity index (χ1v) is 7.01. The minimum absolute atomic E-state index is 0.220. The lowest BCUT2D eigenvalue weighted by Gasteiger charge is -2.11. The van der Waals surface area contributed by atoms with Crippen molar-refractivity contribution < 1.29 is 18.7 Å². The van der Waals surface area contributed by atoms with Crippen LogP contribution in [0.15, 0.2) is 47.1 Å². The average molecular weight is 298 g/mol. The Morgan fingerprint density at radius 3 is 2.59 bits per heavy atom. The molecule has 0 aliphatic heterocycles. The summed E-state index contributed by atoms with van der Waals surface area (Å²) in [5.74, 6) is -0.256. The molecule has 2 rings (SSSR count). The fourth-order valence-corrected chi connectivity index (χ4v) is 1.93. The van der Waals surface area contributed by atoms with E-state index in [0.29, 0.717) is 11.3 Å². The van der Waals surface area contributed by atoms with Crippen molar-refractivity contribution >= 4 is 17.8 Å². The molecule has 1 atom stereocenters. The highest BCUT2D eigenvalue weighted by molar-refractivity contribution is 6.01. The molecule has 1 unspecified atom stereocenters. The lowest BCUT2D eigenvalue weighted by molar-refractivity contribution is -0.140. The van der Waals surface area contributed by atoms with Gasteiger partial charge in [0.25, 0.3) is 0 Å². The third kappa shape index (κ3) is 3.95. The van der Waals surface area contributed by atoms with E-state index >= 15 is 0 Å².